The van der Waals surface area contributed by atoms with Crippen molar-refractivity contribution in [2.75, 3.05) is 19.8 Å². The zero-order chi connectivity index (χ0) is 6.95. The molecule has 0 amide bonds. The lowest BCUT2D eigenvalue weighted by Crippen LogP contribution is -2.01. The van der Waals surface area contributed by atoms with Gasteiger partial charge in [-0.3, -0.25) is 0 Å². The Morgan fingerprint density at radius 1 is 1.44 bits per heavy atom. The Kier molecular flexibility index (Phi) is 7.05. The topological polar surface area (TPSA) is 35.2 Å². The highest BCUT2D eigenvalue weighted by molar-refractivity contribution is 4.82. The molecule has 0 aliphatic heterocycles. The summed E-state index contributed by atoms with van der Waals surface area (Å²) < 4.78 is 4.99. The normalized spacial score (nSPS) is 8.89. The molecule has 9 heavy (non-hydrogen) atoms. The third-order valence-electron chi connectivity index (χ3n) is 0.928. The molecule has 0 aromatic rings. The largest absolute Gasteiger partial charge is 0.369 e. The first kappa shape index (κ1) is 8.48. The van der Waals surface area contributed by atoms with Gasteiger partial charge in [-0.2, -0.15) is 0 Å². The van der Waals surface area contributed by atoms with E-state index in [0.29, 0.717) is 6.61 Å². The first-order valence-electron chi connectivity index (χ1n) is 3.13. The lowest BCUT2D eigenvalue weighted by molar-refractivity contribution is 0.163. The molecule has 0 atom stereocenters. The van der Waals surface area contributed by atoms with E-state index in [9.17, 15) is 0 Å². The molecular weight excluding hydrogens is 114 g/mol. The van der Waals surface area contributed by atoms with Crippen LogP contribution < -0.4 is 5.73 Å². The Bertz CT molecular complexity index is 85.4. The van der Waals surface area contributed by atoms with Gasteiger partial charge in [-0.1, -0.05) is 5.92 Å². The van der Waals surface area contributed by atoms with Crippen LogP contribution >= 0.6 is 0 Å². The molecule has 0 aromatic heterocycles. The van der Waals surface area contributed by atoms with Crippen LogP contribution in [-0.4, -0.2) is 19.8 Å². The quantitative estimate of drug-likeness (QED) is 0.428. The van der Waals surface area contributed by atoms with Crippen molar-refractivity contribution in [2.24, 2.45) is 5.73 Å². The average molecular weight is 127 g/mol. The molecular formula is C7H13NO. The van der Waals surface area contributed by atoms with E-state index < -0.39 is 0 Å². The van der Waals surface area contributed by atoms with Crippen LogP contribution in [0.2, 0.25) is 0 Å². The van der Waals surface area contributed by atoms with Gasteiger partial charge in [-0.05, 0) is 19.4 Å². The van der Waals surface area contributed by atoms with Gasteiger partial charge in [0.05, 0.1) is 0 Å². The Morgan fingerprint density at radius 3 is 2.78 bits per heavy atom. The van der Waals surface area contributed by atoms with E-state index in [1.165, 1.54) is 0 Å². The van der Waals surface area contributed by atoms with Crippen molar-refractivity contribution in [3.63, 3.8) is 0 Å². The van der Waals surface area contributed by atoms with E-state index in [1.807, 2.05) is 0 Å². The van der Waals surface area contributed by atoms with Gasteiger partial charge in [0.2, 0.25) is 0 Å². The molecule has 0 saturated carbocycles. The molecule has 2 nitrogen and oxygen atoms in total. The second kappa shape index (κ2) is 7.48. The summed E-state index contributed by atoms with van der Waals surface area (Å²) in [7, 11) is 0. The maximum absolute atomic E-state index is 5.25. The number of rotatable bonds is 5. The van der Waals surface area contributed by atoms with Crippen LogP contribution in [0, 0.1) is 12.3 Å². The Hall–Kier alpha value is -0.520. The van der Waals surface area contributed by atoms with E-state index in [0.717, 1.165) is 26.0 Å². The van der Waals surface area contributed by atoms with Gasteiger partial charge in [-0.15, -0.1) is 6.42 Å². The van der Waals surface area contributed by atoms with E-state index in [2.05, 4.69) is 5.92 Å². The molecule has 0 rings (SSSR count). The smallest absolute Gasteiger partial charge is 0.107 e. The SMILES string of the molecule is C#CCOCCCCN. The van der Waals surface area contributed by atoms with Crippen molar-refractivity contribution in [1.29, 1.82) is 0 Å². The zero-order valence-electron chi connectivity index (χ0n) is 5.60. The van der Waals surface area contributed by atoms with Crippen LogP contribution in [0.1, 0.15) is 12.8 Å². The summed E-state index contributed by atoms with van der Waals surface area (Å²) in [5.74, 6) is 2.39. The minimum Gasteiger partial charge on any atom is -0.369 e. The fourth-order valence-corrected chi connectivity index (χ4v) is 0.480. The van der Waals surface area contributed by atoms with Crippen molar-refractivity contribution in [3.8, 4) is 12.3 Å². The Balaban J connectivity index is 2.69. The summed E-state index contributed by atoms with van der Waals surface area (Å²) in [5, 5.41) is 0. The molecule has 2 N–H and O–H groups in total. The van der Waals surface area contributed by atoms with E-state index in [4.69, 9.17) is 16.9 Å². The van der Waals surface area contributed by atoms with Crippen molar-refractivity contribution < 1.29 is 4.74 Å². The highest BCUT2D eigenvalue weighted by atomic mass is 16.5. The lowest BCUT2D eigenvalue weighted by Gasteiger charge is -1.96. The fraction of sp³-hybridized carbons (Fsp3) is 0.714. The molecule has 0 spiro atoms. The zero-order valence-corrected chi connectivity index (χ0v) is 5.60. The summed E-state index contributed by atoms with van der Waals surface area (Å²) in [6.45, 7) is 1.89. The average Bonchev–Trinajstić information content (AvgIpc) is 1.89. The molecule has 0 radical (unpaired) electrons. The third-order valence-corrected chi connectivity index (χ3v) is 0.928. The van der Waals surface area contributed by atoms with Crippen LogP contribution in [0.5, 0.6) is 0 Å². The van der Waals surface area contributed by atoms with Crippen LogP contribution in [-0.2, 0) is 4.74 Å². The van der Waals surface area contributed by atoms with E-state index >= 15 is 0 Å². The first-order valence-corrected chi connectivity index (χ1v) is 3.13. The summed E-state index contributed by atoms with van der Waals surface area (Å²) in [6.07, 6.45) is 6.97. The second-order valence-electron chi connectivity index (χ2n) is 1.75. The van der Waals surface area contributed by atoms with Crippen LogP contribution in [0.4, 0.5) is 0 Å². The van der Waals surface area contributed by atoms with Crippen LogP contribution in [0.25, 0.3) is 0 Å². The van der Waals surface area contributed by atoms with Crippen LogP contribution in [0.15, 0.2) is 0 Å². The van der Waals surface area contributed by atoms with Gasteiger partial charge in [0, 0.05) is 6.61 Å². The highest BCUT2D eigenvalue weighted by Crippen LogP contribution is 1.85. The molecule has 2 heteroatoms. The summed E-state index contributed by atoms with van der Waals surface area (Å²) in [6, 6.07) is 0. The summed E-state index contributed by atoms with van der Waals surface area (Å²) in [4.78, 5) is 0. The molecule has 0 aromatic carbocycles. The Labute approximate surface area is 56.4 Å². The maximum Gasteiger partial charge on any atom is 0.107 e. The number of terminal acetylenes is 1. The second-order valence-corrected chi connectivity index (χ2v) is 1.75. The number of unbranched alkanes of at least 4 members (excludes halogenated alkanes) is 1. The molecule has 52 valence electrons. The monoisotopic (exact) mass is 127 g/mol. The number of ether oxygens (including phenoxy) is 1. The van der Waals surface area contributed by atoms with Crippen molar-refractivity contribution in [2.45, 2.75) is 12.8 Å². The lowest BCUT2D eigenvalue weighted by atomic mass is 10.3. The van der Waals surface area contributed by atoms with Gasteiger partial charge in [0.25, 0.3) is 0 Å². The van der Waals surface area contributed by atoms with Gasteiger partial charge in [-0.25, -0.2) is 0 Å². The van der Waals surface area contributed by atoms with Crippen molar-refractivity contribution in [1.82, 2.24) is 0 Å². The minimum absolute atomic E-state index is 0.421. The van der Waals surface area contributed by atoms with Crippen molar-refractivity contribution >= 4 is 0 Å². The molecule has 0 heterocycles. The third kappa shape index (κ3) is 7.48. The fourth-order valence-electron chi connectivity index (χ4n) is 0.480. The molecule has 0 saturated heterocycles. The van der Waals surface area contributed by atoms with Crippen molar-refractivity contribution in [3.05, 3.63) is 0 Å². The highest BCUT2D eigenvalue weighted by Gasteiger charge is 1.83. The molecule has 0 aliphatic carbocycles. The number of hydrogen-bond acceptors (Lipinski definition) is 2. The van der Waals surface area contributed by atoms with Gasteiger partial charge in [0.1, 0.15) is 6.61 Å². The Morgan fingerprint density at radius 2 is 2.22 bits per heavy atom. The molecule has 0 aliphatic rings. The predicted molar refractivity (Wildman–Crippen MR) is 37.9 cm³/mol. The predicted octanol–water partition coefficient (Wildman–Crippen LogP) is 0.375. The first-order chi connectivity index (χ1) is 4.41. The summed E-state index contributed by atoms with van der Waals surface area (Å²) >= 11 is 0. The van der Waals surface area contributed by atoms with E-state index in [1.54, 1.807) is 0 Å². The van der Waals surface area contributed by atoms with Gasteiger partial charge < -0.3 is 10.5 Å². The summed E-state index contributed by atoms with van der Waals surface area (Å²) in [5.41, 5.74) is 5.25. The van der Waals surface area contributed by atoms with Crippen LogP contribution in [0.3, 0.4) is 0 Å². The number of nitrogens with two attached hydrogens (primary N) is 1. The van der Waals surface area contributed by atoms with E-state index in [-0.39, 0.29) is 0 Å². The van der Waals surface area contributed by atoms with Gasteiger partial charge >= 0.3 is 0 Å². The molecule has 0 bridgehead atoms. The molecule has 0 unspecified atom stereocenters. The molecule has 0 fully saturated rings. The van der Waals surface area contributed by atoms with Gasteiger partial charge in [0.15, 0.2) is 0 Å². The standard InChI is InChI=1S/C7H13NO/c1-2-6-9-7-4-3-5-8/h1H,3-8H2. The minimum atomic E-state index is 0.421. The number of hydrogen-bond donors (Lipinski definition) is 1. The maximum atomic E-state index is 5.25.